The highest BCUT2D eigenvalue weighted by molar-refractivity contribution is 6.67. The fourth-order valence-electron chi connectivity index (χ4n) is 10.3. The highest BCUT2D eigenvalue weighted by Gasteiger charge is 2.49. The number of aliphatic imine (C=N–C) groups is 3. The highest BCUT2D eigenvalue weighted by Crippen LogP contribution is 2.49. The van der Waals surface area contributed by atoms with Gasteiger partial charge in [-0.05, 0) is 118 Å². The lowest BCUT2D eigenvalue weighted by Crippen LogP contribution is -2.28. The van der Waals surface area contributed by atoms with Crippen molar-refractivity contribution in [2.75, 3.05) is 13.2 Å². The van der Waals surface area contributed by atoms with Gasteiger partial charge >= 0.3 is 11.9 Å². The summed E-state index contributed by atoms with van der Waals surface area (Å²) in [5.74, 6) is -0.795. The molecule has 0 aromatic heterocycles. The molecule has 0 unspecified atom stereocenters. The minimum Gasteiger partial charge on any atom is -0.510 e. The van der Waals surface area contributed by atoms with E-state index in [-0.39, 0.29) is 36.6 Å². The Hall–Kier alpha value is -4.18. The number of aliphatic hydroxyl groups excluding tert-OH is 1. The quantitative estimate of drug-likeness (QED) is 0.0671. The number of alkyl halides is 3. The molecule has 9 nitrogen and oxygen atoms in total. The number of carbonyl (C=O) groups is 2. The average Bonchev–Trinajstić information content (AvgIpc) is 4.01. The maximum absolute atomic E-state index is 14.1. The third kappa shape index (κ3) is 12.6. The van der Waals surface area contributed by atoms with Crippen molar-refractivity contribution in [1.82, 2.24) is 5.32 Å². The number of halogens is 3. The van der Waals surface area contributed by atoms with Gasteiger partial charge in [-0.3, -0.25) is 9.59 Å². The van der Waals surface area contributed by atoms with Gasteiger partial charge in [-0.2, -0.15) is 0 Å². The molecule has 5 atom stereocenters. The van der Waals surface area contributed by atoms with E-state index < -0.39 is 22.3 Å². The van der Waals surface area contributed by atoms with Crippen molar-refractivity contribution in [3.05, 3.63) is 116 Å². The second-order valence-electron chi connectivity index (χ2n) is 20.2. The number of hydrogen-bond acceptors (Lipinski definition) is 9. The molecule has 0 aromatic rings. The van der Waals surface area contributed by atoms with Crippen LogP contribution in [0.25, 0.3) is 0 Å². The maximum Gasteiger partial charge on any atom is 0.321 e. The first-order valence-corrected chi connectivity index (χ1v) is 26.0. The summed E-state index contributed by atoms with van der Waals surface area (Å²) in [6.07, 6.45) is 22.2. The van der Waals surface area contributed by atoms with E-state index in [4.69, 9.17) is 59.3 Å². The van der Waals surface area contributed by atoms with E-state index in [0.29, 0.717) is 46.2 Å². The molecule has 8 bridgehead atoms. The first-order chi connectivity index (χ1) is 32.2. The molecule has 0 aromatic carbocycles. The number of rotatable bonds is 21. The maximum atomic E-state index is 14.1. The molecule has 5 aliphatic heterocycles. The lowest BCUT2D eigenvalue weighted by molar-refractivity contribution is -0.146. The number of nitrogens with zero attached hydrogens (tertiary/aromatic N) is 3. The van der Waals surface area contributed by atoms with E-state index in [2.05, 4.69) is 67.3 Å². The average molecular weight is 989 g/mol. The minimum atomic E-state index is -1.87. The van der Waals surface area contributed by atoms with Gasteiger partial charge in [0.05, 0.1) is 34.2 Å². The first-order valence-electron chi connectivity index (χ1n) is 24.9. The fourth-order valence-corrected chi connectivity index (χ4v) is 10.5. The molecule has 1 saturated heterocycles. The highest BCUT2D eigenvalue weighted by atomic mass is 35.6. The number of esters is 2. The molecular weight excluding hydrogens is 915 g/mol. The number of ether oxygens (including phenoxy) is 2. The molecule has 6 rings (SSSR count). The summed E-state index contributed by atoms with van der Waals surface area (Å²) in [5.41, 5.74) is 12.4. The Morgan fingerprint density at radius 1 is 0.868 bits per heavy atom. The van der Waals surface area contributed by atoms with Gasteiger partial charge in [0.1, 0.15) is 24.9 Å². The zero-order valence-corrected chi connectivity index (χ0v) is 44.3. The number of nitrogens with one attached hydrogen (secondary N) is 1. The van der Waals surface area contributed by atoms with Gasteiger partial charge < -0.3 is 19.9 Å². The fraction of sp³-hybridized carbons (Fsp3) is 0.554. The smallest absolute Gasteiger partial charge is 0.321 e. The van der Waals surface area contributed by atoms with E-state index >= 15 is 0 Å². The number of fused-ring (bicyclic) bond motifs is 5. The van der Waals surface area contributed by atoms with E-state index in [0.717, 1.165) is 81.9 Å². The summed E-state index contributed by atoms with van der Waals surface area (Å²) >= 11 is 18.1. The van der Waals surface area contributed by atoms with Crippen LogP contribution in [0.2, 0.25) is 0 Å². The summed E-state index contributed by atoms with van der Waals surface area (Å²) in [6, 6.07) is 0. The van der Waals surface area contributed by atoms with Gasteiger partial charge in [-0.15, -0.1) is 0 Å². The lowest BCUT2D eigenvalue weighted by atomic mass is 9.84. The van der Waals surface area contributed by atoms with Crippen LogP contribution in [0.3, 0.4) is 0 Å². The summed E-state index contributed by atoms with van der Waals surface area (Å²) < 4.78 is 9.52. The molecule has 5 heterocycles. The van der Waals surface area contributed by atoms with Crippen molar-refractivity contribution in [1.29, 1.82) is 0 Å². The molecule has 368 valence electrons. The van der Waals surface area contributed by atoms with Crippen molar-refractivity contribution < 1.29 is 24.2 Å². The first kappa shape index (κ1) is 53.2. The van der Waals surface area contributed by atoms with Crippen LogP contribution in [0.1, 0.15) is 146 Å². The van der Waals surface area contributed by atoms with Crippen molar-refractivity contribution in [3.63, 3.8) is 0 Å². The van der Waals surface area contributed by atoms with E-state index in [1.807, 2.05) is 44.2 Å². The molecule has 2 N–H and O–H groups in total. The normalized spacial score (nSPS) is 22.4. The Morgan fingerprint density at radius 2 is 1.51 bits per heavy atom. The minimum absolute atomic E-state index is 0.121. The van der Waals surface area contributed by atoms with Gasteiger partial charge in [-0.25, -0.2) is 15.0 Å². The monoisotopic (exact) mass is 986 g/mol. The summed E-state index contributed by atoms with van der Waals surface area (Å²) in [4.78, 5) is 43.0. The van der Waals surface area contributed by atoms with Crippen LogP contribution in [-0.4, -0.2) is 51.2 Å². The molecule has 1 fully saturated rings. The number of carbonyl (C=O) groups excluding carboxylic acids is 2. The second-order valence-corrected chi connectivity index (χ2v) is 22.7. The van der Waals surface area contributed by atoms with E-state index in [1.165, 1.54) is 50.5 Å². The molecule has 0 spiro atoms. The molecule has 0 radical (unpaired) electrons. The van der Waals surface area contributed by atoms with E-state index in [1.54, 1.807) is 0 Å². The van der Waals surface area contributed by atoms with Crippen LogP contribution < -0.4 is 5.32 Å². The zero-order valence-electron chi connectivity index (χ0n) is 42.0. The SMILES string of the molecule is C=CC1=C(C)C2=NC1=CC1=NC(=CC3=C(C)C4=C(O)[C@H](C(=O)OCC(Cl)(Cl)Cl)C(=C5NC(=C2)[C@@H](C)[C@@H]5CCC(=O)OC/C=C(\C)CCC[C@H](C)CCC[C@H](C)CCCC(C)C)C4=N3)C(CC)=C1C. The Balaban J connectivity index is 1.24. The molecule has 0 saturated carbocycles. The number of hydrogen-bond donors (Lipinski definition) is 2. The second kappa shape index (κ2) is 23.2. The number of aliphatic hydroxyl groups is 1. The molecule has 68 heavy (non-hydrogen) atoms. The Bertz CT molecular complexity index is 2430. The van der Waals surface area contributed by atoms with Gasteiger partial charge in [0, 0.05) is 46.4 Å². The summed E-state index contributed by atoms with van der Waals surface area (Å²) in [6.45, 7) is 25.5. The van der Waals surface area contributed by atoms with Gasteiger partial charge in [0.2, 0.25) is 3.79 Å². The predicted octanol–water partition coefficient (Wildman–Crippen LogP) is 14.7. The summed E-state index contributed by atoms with van der Waals surface area (Å²) in [7, 11) is 0. The third-order valence-electron chi connectivity index (χ3n) is 14.5. The molecule has 0 amide bonds. The van der Waals surface area contributed by atoms with Crippen molar-refractivity contribution in [2.24, 2.45) is 50.5 Å². The number of allylic oxidation sites excluding steroid dienone is 12. The molecule has 12 heteroatoms. The van der Waals surface area contributed by atoms with Crippen molar-refractivity contribution in [2.45, 2.75) is 150 Å². The molecule has 6 aliphatic rings. The zero-order chi connectivity index (χ0) is 49.6. The van der Waals surface area contributed by atoms with Gasteiger partial charge in [-0.1, -0.05) is 140 Å². The van der Waals surface area contributed by atoms with E-state index in [9.17, 15) is 14.7 Å². The standard InChI is InChI=1S/C56H73Cl3N4O5/c1-12-39-35(8)42-27-44-37(10)41(23-24-48(64)67-26-25-34(7)22-16-21-33(6)20-15-19-32(5)18-14-17-31(3)4)52(62-44)50-51(55(66)68-30-56(57,58)59)54(65)49-38(11)45(63-53(49)50)29-47-40(13-2)36(9)43(61-47)28-46(39)60-42/h12,25,27-29,31-33,37,41,51,62,65H,1,13-24,26,30H2,2-11H3/b34-25+,44-27?,46-28?,47-29?,52-50?/t32-,33-,37+,41+,51-/m1/s1. The van der Waals surface area contributed by atoms with Crippen LogP contribution in [0.5, 0.6) is 0 Å². The van der Waals surface area contributed by atoms with Gasteiger partial charge in [0.15, 0.2) is 0 Å². The molecule has 1 aliphatic carbocycles. The Labute approximate surface area is 420 Å². The Morgan fingerprint density at radius 3 is 2.16 bits per heavy atom. The summed E-state index contributed by atoms with van der Waals surface area (Å²) in [5, 5.41) is 15.8. The van der Waals surface area contributed by atoms with Crippen molar-refractivity contribution >= 4 is 63.9 Å². The van der Waals surface area contributed by atoms with Crippen LogP contribution in [0, 0.1) is 35.5 Å². The Kier molecular flexibility index (Phi) is 18.1. The van der Waals surface area contributed by atoms with Crippen LogP contribution in [-0.2, 0) is 19.1 Å². The van der Waals surface area contributed by atoms with Crippen LogP contribution >= 0.6 is 34.8 Å². The third-order valence-corrected chi connectivity index (χ3v) is 14.8. The lowest BCUT2D eigenvalue weighted by Gasteiger charge is -2.21. The predicted molar refractivity (Wildman–Crippen MR) is 281 cm³/mol. The van der Waals surface area contributed by atoms with Gasteiger partial charge in [0.25, 0.3) is 0 Å². The topological polar surface area (TPSA) is 122 Å². The van der Waals surface area contributed by atoms with Crippen LogP contribution in [0.15, 0.2) is 131 Å². The van der Waals surface area contributed by atoms with Crippen molar-refractivity contribution in [3.8, 4) is 0 Å². The molecular formula is C56H73Cl3N4O5. The van der Waals surface area contributed by atoms with Crippen LogP contribution in [0.4, 0.5) is 0 Å². The largest absolute Gasteiger partial charge is 0.510 e.